The number of anilines is 2. The van der Waals surface area contributed by atoms with Crippen molar-refractivity contribution in [3.05, 3.63) is 15.8 Å². The highest BCUT2D eigenvalue weighted by Crippen LogP contribution is 2.26. The van der Waals surface area contributed by atoms with Crippen molar-refractivity contribution < 1.29 is 4.92 Å². The van der Waals surface area contributed by atoms with E-state index >= 15 is 0 Å². The van der Waals surface area contributed by atoms with Crippen molar-refractivity contribution in [1.29, 1.82) is 0 Å². The lowest BCUT2D eigenvalue weighted by Gasteiger charge is -2.26. The summed E-state index contributed by atoms with van der Waals surface area (Å²) in [5, 5.41) is 17.1. The van der Waals surface area contributed by atoms with Crippen molar-refractivity contribution in [2.24, 2.45) is 0 Å². The van der Waals surface area contributed by atoms with Gasteiger partial charge in [-0.1, -0.05) is 0 Å². The molecule has 1 fully saturated rings. The van der Waals surface area contributed by atoms with Crippen molar-refractivity contribution in [2.75, 3.05) is 55.4 Å². The Morgan fingerprint density at radius 1 is 1.38 bits per heavy atom. The van der Waals surface area contributed by atoms with Crippen LogP contribution in [0, 0.1) is 17.0 Å². The Labute approximate surface area is 127 Å². The zero-order valence-electron chi connectivity index (χ0n) is 12.3. The minimum atomic E-state index is -0.436. The Morgan fingerprint density at radius 3 is 2.71 bits per heavy atom. The van der Waals surface area contributed by atoms with Crippen molar-refractivity contribution in [3.63, 3.8) is 0 Å². The molecule has 21 heavy (non-hydrogen) atoms. The van der Waals surface area contributed by atoms with Gasteiger partial charge in [0.05, 0.1) is 4.92 Å². The zero-order chi connectivity index (χ0) is 15.2. The smallest absolute Gasteiger partial charge is 0.332 e. The molecule has 0 radical (unpaired) electrons. The lowest BCUT2D eigenvalue weighted by atomic mass is 10.3. The molecule has 0 saturated carbocycles. The predicted molar refractivity (Wildman–Crippen MR) is 85.2 cm³/mol. The largest absolute Gasteiger partial charge is 0.363 e. The van der Waals surface area contributed by atoms with Gasteiger partial charge in [0, 0.05) is 44.7 Å². The van der Waals surface area contributed by atoms with Crippen LogP contribution in [0.25, 0.3) is 0 Å². The molecule has 0 aliphatic carbocycles. The van der Waals surface area contributed by atoms with Crippen molar-refractivity contribution in [2.45, 2.75) is 6.92 Å². The van der Waals surface area contributed by atoms with Crippen LogP contribution in [0.5, 0.6) is 0 Å². The number of thioether (sulfide) groups is 1. The molecule has 1 aliphatic rings. The van der Waals surface area contributed by atoms with E-state index in [1.165, 1.54) is 0 Å². The van der Waals surface area contributed by atoms with Crippen LogP contribution in [0.1, 0.15) is 5.69 Å². The molecule has 2 heterocycles. The first-order valence-corrected chi connectivity index (χ1v) is 8.02. The van der Waals surface area contributed by atoms with Gasteiger partial charge in [0.15, 0.2) is 0 Å². The molecule has 0 aromatic carbocycles. The van der Waals surface area contributed by atoms with E-state index in [0.717, 1.165) is 31.1 Å². The normalized spacial score (nSPS) is 15.7. The van der Waals surface area contributed by atoms with Gasteiger partial charge in [-0.2, -0.15) is 16.7 Å². The van der Waals surface area contributed by atoms with E-state index in [9.17, 15) is 10.1 Å². The average Bonchev–Trinajstić information content (AvgIpc) is 2.47. The third kappa shape index (κ3) is 4.18. The topological polar surface area (TPSA) is 96.2 Å². The quantitative estimate of drug-likeness (QED) is 0.597. The molecule has 0 amide bonds. The summed E-state index contributed by atoms with van der Waals surface area (Å²) in [6.07, 6.45) is 0. The van der Waals surface area contributed by atoms with E-state index < -0.39 is 4.92 Å². The summed E-state index contributed by atoms with van der Waals surface area (Å²) >= 11 is 1.96. The van der Waals surface area contributed by atoms with Crippen LogP contribution in [0.4, 0.5) is 17.5 Å². The summed E-state index contributed by atoms with van der Waals surface area (Å²) in [5.74, 6) is 2.96. The lowest BCUT2D eigenvalue weighted by molar-refractivity contribution is -0.385. The van der Waals surface area contributed by atoms with Gasteiger partial charge in [-0.25, -0.2) is 4.98 Å². The molecule has 0 bridgehead atoms. The molecule has 1 aromatic rings. The Kier molecular flexibility index (Phi) is 5.57. The van der Waals surface area contributed by atoms with Gasteiger partial charge in [-0.05, 0) is 6.92 Å². The number of aromatic nitrogens is 2. The average molecular weight is 312 g/mol. The molecule has 2 rings (SSSR count). The van der Waals surface area contributed by atoms with Gasteiger partial charge >= 0.3 is 5.69 Å². The van der Waals surface area contributed by atoms with Gasteiger partial charge in [-0.15, -0.1) is 0 Å². The molecule has 116 valence electrons. The number of nitro groups is 1. The minimum absolute atomic E-state index is 0.0526. The molecule has 1 aliphatic heterocycles. The molecule has 8 nitrogen and oxygen atoms in total. The number of nitrogens with one attached hydrogen (secondary N) is 2. The van der Waals surface area contributed by atoms with E-state index in [4.69, 9.17) is 0 Å². The third-order valence-corrected chi connectivity index (χ3v) is 4.23. The second-order valence-corrected chi connectivity index (χ2v) is 5.94. The standard InChI is InChI=1S/C12H20N6O2S/c1-9-10(18(19)20)11(16-12(13-2)15-9)14-3-4-17-5-7-21-8-6-17/h3-8H2,1-2H3,(H2,13,14,15,16). The van der Waals surface area contributed by atoms with E-state index in [2.05, 4.69) is 25.5 Å². The number of nitrogens with zero attached hydrogens (tertiary/aromatic N) is 4. The Hall–Kier alpha value is -1.61. The molecule has 1 aromatic heterocycles. The first kappa shape index (κ1) is 15.8. The maximum atomic E-state index is 11.2. The van der Waals surface area contributed by atoms with Crippen LogP contribution in [-0.2, 0) is 0 Å². The second kappa shape index (κ2) is 7.41. The van der Waals surface area contributed by atoms with Crippen LogP contribution >= 0.6 is 11.8 Å². The monoisotopic (exact) mass is 312 g/mol. The number of aryl methyl sites for hydroxylation is 1. The molecule has 1 saturated heterocycles. The number of hydrogen-bond acceptors (Lipinski definition) is 8. The predicted octanol–water partition coefficient (Wildman–Crippen LogP) is 1.20. The maximum absolute atomic E-state index is 11.2. The summed E-state index contributed by atoms with van der Waals surface area (Å²) in [6, 6.07) is 0. The fraction of sp³-hybridized carbons (Fsp3) is 0.667. The van der Waals surface area contributed by atoms with Crippen LogP contribution in [0.3, 0.4) is 0 Å². The van der Waals surface area contributed by atoms with Gasteiger partial charge in [0.1, 0.15) is 5.69 Å². The van der Waals surface area contributed by atoms with E-state index in [1.807, 2.05) is 11.8 Å². The summed E-state index contributed by atoms with van der Waals surface area (Å²) in [7, 11) is 1.69. The molecule has 9 heteroatoms. The maximum Gasteiger partial charge on any atom is 0.332 e. The zero-order valence-corrected chi connectivity index (χ0v) is 13.1. The Morgan fingerprint density at radius 2 is 2.10 bits per heavy atom. The molecule has 0 atom stereocenters. The number of rotatable bonds is 6. The number of hydrogen-bond donors (Lipinski definition) is 2. The van der Waals surface area contributed by atoms with Crippen molar-refractivity contribution in [1.82, 2.24) is 14.9 Å². The fourth-order valence-corrected chi connectivity index (χ4v) is 3.16. The first-order valence-electron chi connectivity index (χ1n) is 6.86. The van der Waals surface area contributed by atoms with Crippen molar-refractivity contribution >= 4 is 29.2 Å². The highest BCUT2D eigenvalue weighted by molar-refractivity contribution is 7.99. The van der Waals surface area contributed by atoms with Gasteiger partial charge in [0.2, 0.25) is 11.8 Å². The summed E-state index contributed by atoms with van der Waals surface area (Å²) < 4.78 is 0. The van der Waals surface area contributed by atoms with Crippen LogP contribution < -0.4 is 10.6 Å². The first-order chi connectivity index (χ1) is 10.1. The van der Waals surface area contributed by atoms with Crippen LogP contribution in [-0.4, -0.2) is 64.5 Å². The fourth-order valence-electron chi connectivity index (χ4n) is 2.18. The van der Waals surface area contributed by atoms with Crippen LogP contribution in [0.15, 0.2) is 0 Å². The Bertz CT molecular complexity index is 507. The Balaban J connectivity index is 2.03. The molecule has 2 N–H and O–H groups in total. The highest BCUT2D eigenvalue weighted by Gasteiger charge is 2.21. The van der Waals surface area contributed by atoms with Gasteiger partial charge in [0.25, 0.3) is 0 Å². The molecular formula is C12H20N6O2S. The molecular weight excluding hydrogens is 292 g/mol. The van der Waals surface area contributed by atoms with Crippen LogP contribution in [0.2, 0.25) is 0 Å². The third-order valence-electron chi connectivity index (χ3n) is 3.29. The van der Waals surface area contributed by atoms with Gasteiger partial charge < -0.3 is 10.6 Å². The lowest BCUT2D eigenvalue weighted by Crippen LogP contribution is -2.36. The summed E-state index contributed by atoms with van der Waals surface area (Å²) in [5.41, 5.74) is 0.305. The summed E-state index contributed by atoms with van der Waals surface area (Å²) in [6.45, 7) is 5.24. The van der Waals surface area contributed by atoms with Crippen molar-refractivity contribution in [3.8, 4) is 0 Å². The minimum Gasteiger partial charge on any atom is -0.363 e. The summed E-state index contributed by atoms with van der Waals surface area (Å²) in [4.78, 5) is 21.3. The molecule has 0 unspecified atom stereocenters. The van der Waals surface area contributed by atoms with E-state index in [1.54, 1.807) is 14.0 Å². The van der Waals surface area contributed by atoms with E-state index in [0.29, 0.717) is 18.2 Å². The SMILES string of the molecule is CNc1nc(C)c([N+](=O)[O-])c(NCCN2CCSCC2)n1. The van der Waals surface area contributed by atoms with Gasteiger partial charge in [-0.3, -0.25) is 15.0 Å². The second-order valence-electron chi connectivity index (χ2n) is 4.72. The van der Waals surface area contributed by atoms with E-state index in [-0.39, 0.29) is 11.5 Å². The molecule has 0 spiro atoms. The highest BCUT2D eigenvalue weighted by atomic mass is 32.2.